The summed E-state index contributed by atoms with van der Waals surface area (Å²) in [5.41, 5.74) is 1.58. The largest absolute Gasteiger partial charge is 0.494 e. The van der Waals surface area contributed by atoms with Gasteiger partial charge in [0, 0.05) is 10.0 Å². The summed E-state index contributed by atoms with van der Waals surface area (Å²) in [6, 6.07) is 9.92. The summed E-state index contributed by atoms with van der Waals surface area (Å²) in [6.07, 6.45) is 1.65. The Morgan fingerprint density at radius 2 is 1.76 bits per heavy atom. The molecule has 4 rings (SSSR count). The fourth-order valence-corrected chi connectivity index (χ4v) is 5.99. The number of ether oxygens (including phenoxy) is 5. The minimum atomic E-state index is -0.769. The van der Waals surface area contributed by atoms with Gasteiger partial charge in [0.25, 0.3) is 5.56 Å². The Kier molecular flexibility index (Phi) is 10.2. The quantitative estimate of drug-likeness (QED) is 0.285. The number of fused-ring (bicyclic) bond motifs is 1. The van der Waals surface area contributed by atoms with Gasteiger partial charge in [0.1, 0.15) is 5.75 Å². The first-order chi connectivity index (χ1) is 20.2. The molecule has 10 nitrogen and oxygen atoms in total. The third-order valence-electron chi connectivity index (χ3n) is 6.22. The molecule has 0 bridgehead atoms. The summed E-state index contributed by atoms with van der Waals surface area (Å²) in [6.45, 7) is 7.62. The predicted molar refractivity (Wildman–Crippen MR) is 161 cm³/mol. The molecule has 0 radical (unpaired) electrons. The average molecular weight is 660 g/mol. The standard InChI is InChI=1S/C30H31BrN2O8S/c1-6-38-21-11-9-18(10-12-21)26-25(29(36)40-8-3)17(4)32-30-33(26)28(35)23(42-30)14-19-13-20(31)15-22(37-5)27(19)41-16-24(34)39-7-2/h9-15,26H,6-8,16H2,1-5H3/b23-14-/t26-/m1/s1. The summed E-state index contributed by atoms with van der Waals surface area (Å²) < 4.78 is 29.7. The number of hydrogen-bond donors (Lipinski definition) is 0. The van der Waals surface area contributed by atoms with Gasteiger partial charge in [-0.05, 0) is 63.6 Å². The van der Waals surface area contributed by atoms with Crippen molar-refractivity contribution in [3.8, 4) is 17.2 Å². The van der Waals surface area contributed by atoms with Gasteiger partial charge >= 0.3 is 11.9 Å². The van der Waals surface area contributed by atoms with Gasteiger partial charge in [-0.2, -0.15) is 0 Å². The Hall–Kier alpha value is -3.90. The Morgan fingerprint density at radius 3 is 2.40 bits per heavy atom. The molecule has 2 heterocycles. The molecule has 1 atom stereocenters. The van der Waals surface area contributed by atoms with Crippen LogP contribution in [0.1, 0.15) is 44.9 Å². The Bertz CT molecular complexity index is 1690. The SMILES string of the molecule is CCOC(=O)COc1c(/C=c2\sc3n(c2=O)[C@H](c2ccc(OCC)cc2)C(C(=O)OCC)=C(C)N=3)cc(Br)cc1OC. The molecule has 0 unspecified atom stereocenters. The highest BCUT2D eigenvalue weighted by Gasteiger charge is 2.33. The fraction of sp³-hybridized carbons (Fsp3) is 0.333. The van der Waals surface area contributed by atoms with Crippen LogP contribution in [0.25, 0.3) is 6.08 Å². The number of halogens is 1. The minimum absolute atomic E-state index is 0.176. The lowest BCUT2D eigenvalue weighted by Gasteiger charge is -2.24. The normalized spacial score (nSPS) is 14.6. The third-order valence-corrected chi connectivity index (χ3v) is 7.66. The summed E-state index contributed by atoms with van der Waals surface area (Å²) >= 11 is 4.64. The third kappa shape index (κ3) is 6.60. The minimum Gasteiger partial charge on any atom is -0.494 e. The van der Waals surface area contributed by atoms with E-state index >= 15 is 0 Å². The van der Waals surface area contributed by atoms with E-state index in [0.717, 1.165) is 0 Å². The fourth-order valence-electron chi connectivity index (χ4n) is 4.50. The molecule has 1 aliphatic rings. The Labute approximate surface area is 255 Å². The van der Waals surface area contributed by atoms with E-state index in [-0.39, 0.29) is 36.7 Å². The summed E-state index contributed by atoms with van der Waals surface area (Å²) in [7, 11) is 1.48. The highest BCUT2D eigenvalue weighted by molar-refractivity contribution is 9.10. The van der Waals surface area contributed by atoms with Crippen molar-refractivity contribution in [3.63, 3.8) is 0 Å². The monoisotopic (exact) mass is 658 g/mol. The first-order valence-electron chi connectivity index (χ1n) is 13.3. The number of aromatic nitrogens is 1. The van der Waals surface area contributed by atoms with Crippen LogP contribution >= 0.6 is 27.3 Å². The zero-order valence-electron chi connectivity index (χ0n) is 23.9. The number of esters is 2. The molecule has 2 aromatic carbocycles. The van der Waals surface area contributed by atoms with E-state index in [1.165, 1.54) is 23.0 Å². The molecule has 42 heavy (non-hydrogen) atoms. The smallest absolute Gasteiger partial charge is 0.344 e. The number of carbonyl (C=O) groups is 2. The maximum Gasteiger partial charge on any atom is 0.344 e. The van der Waals surface area contributed by atoms with E-state index in [1.54, 1.807) is 51.1 Å². The van der Waals surface area contributed by atoms with E-state index < -0.39 is 18.0 Å². The highest BCUT2D eigenvalue weighted by atomic mass is 79.9. The lowest BCUT2D eigenvalue weighted by molar-refractivity contribution is -0.145. The van der Waals surface area contributed by atoms with Crippen LogP contribution in [-0.4, -0.2) is 50.0 Å². The Balaban J connectivity index is 1.90. The first kappa shape index (κ1) is 31.0. The van der Waals surface area contributed by atoms with E-state index in [9.17, 15) is 14.4 Å². The maximum absolute atomic E-state index is 14.0. The van der Waals surface area contributed by atoms with Gasteiger partial charge < -0.3 is 23.7 Å². The molecule has 222 valence electrons. The lowest BCUT2D eigenvalue weighted by atomic mass is 9.96. The van der Waals surface area contributed by atoms with Crippen molar-refractivity contribution < 1.29 is 33.3 Å². The number of carbonyl (C=O) groups excluding carboxylic acids is 2. The molecule has 0 saturated heterocycles. The van der Waals surface area contributed by atoms with Crippen LogP contribution in [0, 0.1) is 0 Å². The van der Waals surface area contributed by atoms with Gasteiger partial charge in [0.05, 0.1) is 48.8 Å². The zero-order chi connectivity index (χ0) is 30.4. The van der Waals surface area contributed by atoms with Crippen molar-refractivity contribution in [2.45, 2.75) is 33.7 Å². The lowest BCUT2D eigenvalue weighted by Crippen LogP contribution is -2.39. The second-order valence-electron chi connectivity index (χ2n) is 8.92. The number of thiazole rings is 1. The van der Waals surface area contributed by atoms with Crippen molar-refractivity contribution in [3.05, 3.63) is 83.0 Å². The predicted octanol–water partition coefficient (Wildman–Crippen LogP) is 3.91. The number of benzene rings is 2. The average Bonchev–Trinajstić information content (AvgIpc) is 3.26. The molecule has 0 amide bonds. The molecular weight excluding hydrogens is 628 g/mol. The van der Waals surface area contributed by atoms with Crippen LogP contribution in [0.3, 0.4) is 0 Å². The van der Waals surface area contributed by atoms with Crippen LogP contribution in [0.4, 0.5) is 0 Å². The van der Waals surface area contributed by atoms with Crippen molar-refractivity contribution in [1.82, 2.24) is 4.57 Å². The van der Waals surface area contributed by atoms with Crippen LogP contribution < -0.4 is 29.1 Å². The van der Waals surface area contributed by atoms with E-state index in [2.05, 4.69) is 20.9 Å². The van der Waals surface area contributed by atoms with Crippen LogP contribution in [0.15, 0.2) is 61.9 Å². The summed E-state index contributed by atoms with van der Waals surface area (Å²) in [5, 5.41) is 0. The second kappa shape index (κ2) is 13.8. The van der Waals surface area contributed by atoms with Crippen molar-refractivity contribution in [1.29, 1.82) is 0 Å². The van der Waals surface area contributed by atoms with Crippen LogP contribution in [0.2, 0.25) is 0 Å². The molecule has 0 aliphatic carbocycles. The summed E-state index contributed by atoms with van der Waals surface area (Å²) in [4.78, 5) is 44.2. The van der Waals surface area contributed by atoms with Gasteiger partial charge in [-0.3, -0.25) is 9.36 Å². The van der Waals surface area contributed by atoms with Crippen molar-refractivity contribution >= 4 is 45.3 Å². The van der Waals surface area contributed by atoms with Crippen LogP contribution in [-0.2, 0) is 19.1 Å². The highest BCUT2D eigenvalue weighted by Crippen LogP contribution is 2.36. The van der Waals surface area contributed by atoms with E-state index in [4.69, 9.17) is 23.7 Å². The van der Waals surface area contributed by atoms with Crippen LogP contribution in [0.5, 0.6) is 17.2 Å². The van der Waals surface area contributed by atoms with Gasteiger partial charge in [-0.25, -0.2) is 14.6 Å². The number of methoxy groups -OCH3 is 1. The van der Waals surface area contributed by atoms with E-state index in [0.29, 0.717) is 48.7 Å². The molecule has 1 aliphatic heterocycles. The van der Waals surface area contributed by atoms with E-state index in [1.807, 2.05) is 19.1 Å². The maximum atomic E-state index is 14.0. The molecular formula is C30H31BrN2O8S. The molecule has 0 spiro atoms. The number of hydrogen-bond acceptors (Lipinski definition) is 10. The van der Waals surface area contributed by atoms with Gasteiger partial charge in [-0.15, -0.1) is 0 Å². The molecule has 0 N–H and O–H groups in total. The van der Waals surface area contributed by atoms with Gasteiger partial charge in [-0.1, -0.05) is 39.4 Å². The molecule has 12 heteroatoms. The molecule has 0 fully saturated rings. The Morgan fingerprint density at radius 1 is 1.05 bits per heavy atom. The first-order valence-corrected chi connectivity index (χ1v) is 14.9. The van der Waals surface area contributed by atoms with Crippen molar-refractivity contribution in [2.75, 3.05) is 33.5 Å². The van der Waals surface area contributed by atoms with Crippen molar-refractivity contribution in [2.24, 2.45) is 4.99 Å². The molecule has 1 aromatic heterocycles. The second-order valence-corrected chi connectivity index (χ2v) is 10.8. The van der Waals surface area contributed by atoms with Gasteiger partial charge in [0.15, 0.2) is 22.9 Å². The topological polar surface area (TPSA) is 115 Å². The zero-order valence-corrected chi connectivity index (χ0v) is 26.3. The number of rotatable bonds is 11. The summed E-state index contributed by atoms with van der Waals surface area (Å²) in [5.74, 6) is 0.223. The molecule has 0 saturated carbocycles. The van der Waals surface area contributed by atoms with Gasteiger partial charge in [0.2, 0.25) is 0 Å². The number of allylic oxidation sites excluding steroid dienone is 1. The molecule has 3 aromatic rings. The number of nitrogens with zero attached hydrogens (tertiary/aromatic N) is 2.